The van der Waals surface area contributed by atoms with Gasteiger partial charge in [-0.15, -0.1) is 0 Å². The average Bonchev–Trinajstić information content (AvgIpc) is 3.25. The molecule has 0 fully saturated rings. The molecule has 32 heavy (non-hydrogen) atoms. The quantitative estimate of drug-likeness (QED) is 0.526. The lowest BCUT2D eigenvalue weighted by Gasteiger charge is -2.35. The lowest BCUT2D eigenvalue weighted by molar-refractivity contribution is -0.139. The summed E-state index contributed by atoms with van der Waals surface area (Å²) < 4.78 is 15.9. The Bertz CT molecular complexity index is 1130. The predicted molar refractivity (Wildman–Crippen MR) is 123 cm³/mol. The van der Waals surface area contributed by atoms with Crippen LogP contribution in [0.15, 0.2) is 53.7 Å². The molecule has 166 valence electrons. The summed E-state index contributed by atoms with van der Waals surface area (Å²) in [7, 11) is 1.79. The number of fused-ring (bicyclic) bond motifs is 1. The van der Waals surface area contributed by atoms with Gasteiger partial charge in [0.15, 0.2) is 16.6 Å². The number of esters is 1. The van der Waals surface area contributed by atoms with E-state index >= 15 is 0 Å². The fourth-order valence-electron chi connectivity index (χ4n) is 3.60. The summed E-state index contributed by atoms with van der Waals surface area (Å²) in [6.07, 6.45) is 0. The highest BCUT2D eigenvalue weighted by Crippen LogP contribution is 2.34. The molecule has 4 rings (SSSR count). The molecule has 0 saturated carbocycles. The highest BCUT2D eigenvalue weighted by atomic mass is 32.1. The number of carbonyl (C=O) groups is 2. The lowest BCUT2D eigenvalue weighted by Crippen LogP contribution is -2.46. The first kappa shape index (κ1) is 21.6. The zero-order valence-corrected chi connectivity index (χ0v) is 18.7. The molecule has 2 aromatic rings. The fourth-order valence-corrected chi connectivity index (χ4v) is 3.85. The van der Waals surface area contributed by atoms with Gasteiger partial charge in [0.05, 0.1) is 18.2 Å². The van der Waals surface area contributed by atoms with E-state index in [1.807, 2.05) is 25.1 Å². The number of allylic oxidation sites excluding steroid dienone is 1. The Morgan fingerprint density at radius 1 is 1.22 bits per heavy atom. The number of nitrogens with zero attached hydrogens (tertiary/aromatic N) is 1. The molecule has 2 N–H and O–H groups in total. The average molecular weight is 454 g/mol. The minimum atomic E-state index is -0.500. The third-order valence-electron chi connectivity index (χ3n) is 5.36. The second kappa shape index (κ2) is 8.88. The normalized spacial score (nSPS) is 17.2. The van der Waals surface area contributed by atoms with E-state index in [0.717, 1.165) is 5.56 Å². The Labute approximate surface area is 191 Å². The summed E-state index contributed by atoms with van der Waals surface area (Å²) in [5.41, 5.74) is 2.99. The Hall–Kier alpha value is -3.59. The number of amides is 1. The van der Waals surface area contributed by atoms with Crippen LogP contribution >= 0.6 is 12.2 Å². The van der Waals surface area contributed by atoms with Crippen LogP contribution in [0.5, 0.6) is 11.5 Å². The van der Waals surface area contributed by atoms with Crippen molar-refractivity contribution < 1.29 is 23.8 Å². The maximum absolute atomic E-state index is 12.8. The summed E-state index contributed by atoms with van der Waals surface area (Å²) in [6.45, 7) is 4.00. The number of ether oxygens (including phenoxy) is 3. The van der Waals surface area contributed by atoms with E-state index in [-0.39, 0.29) is 19.3 Å². The van der Waals surface area contributed by atoms with Crippen LogP contribution < -0.4 is 20.1 Å². The molecule has 0 bridgehead atoms. The number of thiocarbonyl (C=S) groups is 1. The van der Waals surface area contributed by atoms with Crippen molar-refractivity contribution in [1.82, 2.24) is 10.2 Å². The molecule has 2 heterocycles. The molecule has 0 spiro atoms. The molecule has 2 aliphatic heterocycles. The van der Waals surface area contributed by atoms with Crippen LogP contribution in [0, 0.1) is 0 Å². The molecule has 0 saturated heterocycles. The predicted octanol–water partition coefficient (Wildman–Crippen LogP) is 3.37. The van der Waals surface area contributed by atoms with Crippen LogP contribution in [0.1, 0.15) is 35.8 Å². The molecular formula is C23H23N3O5S. The van der Waals surface area contributed by atoms with Gasteiger partial charge in [-0.25, -0.2) is 4.79 Å². The molecule has 1 atom stereocenters. The fraction of sp³-hybridized carbons (Fsp3) is 0.261. The highest BCUT2D eigenvalue weighted by molar-refractivity contribution is 7.80. The number of hydrogen-bond donors (Lipinski definition) is 2. The highest BCUT2D eigenvalue weighted by Gasteiger charge is 2.33. The Morgan fingerprint density at radius 2 is 2.00 bits per heavy atom. The molecule has 0 radical (unpaired) electrons. The van der Waals surface area contributed by atoms with Crippen molar-refractivity contribution in [3.8, 4) is 11.5 Å². The zero-order valence-electron chi connectivity index (χ0n) is 17.9. The van der Waals surface area contributed by atoms with Gasteiger partial charge in [-0.3, -0.25) is 4.79 Å². The molecular weight excluding hydrogens is 430 g/mol. The van der Waals surface area contributed by atoms with Crippen LogP contribution in [0.3, 0.4) is 0 Å². The standard InChI is InChI=1S/C23H23N3O5S/c1-4-29-22(28)19-13(2)26(3)23(32)25-20(19)14-6-5-7-16(10-14)24-21(27)15-8-9-17-18(11-15)31-12-30-17/h5-11,20H,4,12H2,1-3H3,(H,24,27)(H,25,32). The number of carbonyl (C=O) groups excluding carboxylic acids is 2. The van der Waals surface area contributed by atoms with E-state index in [1.54, 1.807) is 43.1 Å². The number of nitrogens with one attached hydrogen (secondary N) is 2. The van der Waals surface area contributed by atoms with Crippen molar-refractivity contribution in [1.29, 1.82) is 0 Å². The van der Waals surface area contributed by atoms with Gasteiger partial charge in [0.1, 0.15) is 0 Å². The SMILES string of the molecule is CCOC(=O)C1=C(C)N(C)C(=S)NC1c1cccc(NC(=O)c2ccc3c(c2)OCO3)c1. The topological polar surface area (TPSA) is 89.1 Å². The van der Waals surface area contributed by atoms with Gasteiger partial charge < -0.3 is 29.7 Å². The second-order valence-electron chi connectivity index (χ2n) is 7.31. The molecule has 1 amide bonds. The summed E-state index contributed by atoms with van der Waals surface area (Å²) in [5.74, 6) is 0.452. The summed E-state index contributed by atoms with van der Waals surface area (Å²) in [5, 5.41) is 6.58. The summed E-state index contributed by atoms with van der Waals surface area (Å²) in [6, 6.07) is 11.8. The van der Waals surface area contributed by atoms with Crippen LogP contribution in [-0.4, -0.2) is 42.3 Å². The van der Waals surface area contributed by atoms with Crippen LogP contribution in [0.2, 0.25) is 0 Å². The largest absolute Gasteiger partial charge is 0.463 e. The van der Waals surface area contributed by atoms with E-state index in [4.69, 9.17) is 26.4 Å². The zero-order chi connectivity index (χ0) is 22.8. The van der Waals surface area contributed by atoms with Crippen molar-refractivity contribution >= 4 is 34.9 Å². The van der Waals surface area contributed by atoms with Gasteiger partial charge in [-0.1, -0.05) is 12.1 Å². The maximum atomic E-state index is 12.8. The third kappa shape index (κ3) is 4.11. The summed E-state index contributed by atoms with van der Waals surface area (Å²) >= 11 is 5.43. The number of benzene rings is 2. The van der Waals surface area contributed by atoms with Gasteiger partial charge in [0, 0.05) is 24.0 Å². The van der Waals surface area contributed by atoms with Crippen LogP contribution in [-0.2, 0) is 9.53 Å². The van der Waals surface area contributed by atoms with E-state index in [9.17, 15) is 9.59 Å². The minimum Gasteiger partial charge on any atom is -0.463 e. The van der Waals surface area contributed by atoms with Crippen LogP contribution in [0.4, 0.5) is 5.69 Å². The molecule has 8 nitrogen and oxygen atoms in total. The van der Waals surface area contributed by atoms with Crippen molar-refractivity contribution in [2.75, 3.05) is 25.8 Å². The Kier molecular flexibility index (Phi) is 6.00. The van der Waals surface area contributed by atoms with E-state index < -0.39 is 12.0 Å². The third-order valence-corrected chi connectivity index (χ3v) is 5.75. The van der Waals surface area contributed by atoms with Gasteiger partial charge in [0.25, 0.3) is 5.91 Å². The monoisotopic (exact) mass is 453 g/mol. The van der Waals surface area contributed by atoms with E-state index in [2.05, 4.69) is 10.6 Å². The van der Waals surface area contributed by atoms with Crippen molar-refractivity contribution in [3.63, 3.8) is 0 Å². The molecule has 0 aromatic heterocycles. The number of hydrogen-bond acceptors (Lipinski definition) is 6. The number of anilines is 1. The van der Waals surface area contributed by atoms with Crippen molar-refractivity contribution in [2.45, 2.75) is 19.9 Å². The van der Waals surface area contributed by atoms with E-state index in [0.29, 0.717) is 39.1 Å². The minimum absolute atomic E-state index is 0.142. The van der Waals surface area contributed by atoms with Crippen molar-refractivity contribution in [3.05, 3.63) is 64.9 Å². The first-order valence-electron chi connectivity index (χ1n) is 10.1. The molecule has 2 aliphatic rings. The smallest absolute Gasteiger partial charge is 0.338 e. The lowest BCUT2D eigenvalue weighted by atomic mass is 9.95. The van der Waals surface area contributed by atoms with Gasteiger partial charge >= 0.3 is 5.97 Å². The Morgan fingerprint density at radius 3 is 2.78 bits per heavy atom. The molecule has 1 unspecified atom stereocenters. The van der Waals surface area contributed by atoms with Crippen molar-refractivity contribution in [2.24, 2.45) is 0 Å². The first-order valence-corrected chi connectivity index (χ1v) is 10.5. The van der Waals surface area contributed by atoms with Gasteiger partial charge in [-0.05, 0) is 62.0 Å². The first-order chi connectivity index (χ1) is 15.4. The molecule has 2 aromatic carbocycles. The van der Waals surface area contributed by atoms with Gasteiger partial charge in [-0.2, -0.15) is 0 Å². The van der Waals surface area contributed by atoms with Crippen LogP contribution in [0.25, 0.3) is 0 Å². The molecule has 9 heteroatoms. The Balaban J connectivity index is 1.61. The van der Waals surface area contributed by atoms with Gasteiger partial charge in [0.2, 0.25) is 6.79 Å². The second-order valence-corrected chi connectivity index (χ2v) is 7.70. The molecule has 0 aliphatic carbocycles. The maximum Gasteiger partial charge on any atom is 0.338 e. The summed E-state index contributed by atoms with van der Waals surface area (Å²) in [4.78, 5) is 27.2. The van der Waals surface area contributed by atoms with E-state index in [1.165, 1.54) is 0 Å². The number of rotatable bonds is 5.